The molecular weight excluding hydrogens is 306 g/mol. The Morgan fingerprint density at radius 1 is 1.53 bits per heavy atom. The minimum Gasteiger partial charge on any atom is -0.326 e. The molecule has 0 spiro atoms. The number of halogens is 1. The molecule has 4 nitrogen and oxygen atoms in total. The van der Waals surface area contributed by atoms with Crippen LogP contribution in [0.5, 0.6) is 0 Å². The van der Waals surface area contributed by atoms with Crippen molar-refractivity contribution >= 4 is 27.5 Å². The Morgan fingerprint density at radius 3 is 2.95 bits per heavy atom. The molecule has 0 aliphatic heterocycles. The predicted molar refractivity (Wildman–Crippen MR) is 79.1 cm³/mol. The van der Waals surface area contributed by atoms with E-state index in [1.165, 1.54) is 0 Å². The second kappa shape index (κ2) is 6.02. The summed E-state index contributed by atoms with van der Waals surface area (Å²) in [5.74, 6) is -0.00952. The maximum atomic E-state index is 12.0. The summed E-state index contributed by atoms with van der Waals surface area (Å²) in [5, 5.41) is 7.03. The average Bonchev–Trinajstić information content (AvgIpc) is 2.87. The number of benzene rings is 1. The molecule has 1 atom stereocenters. The Morgan fingerprint density at radius 2 is 2.32 bits per heavy atom. The lowest BCUT2D eigenvalue weighted by Crippen LogP contribution is -2.17. The summed E-state index contributed by atoms with van der Waals surface area (Å²) in [4.78, 5) is 12.0. The van der Waals surface area contributed by atoms with Crippen molar-refractivity contribution in [2.45, 2.75) is 26.3 Å². The highest BCUT2D eigenvalue weighted by molar-refractivity contribution is 9.10. The summed E-state index contributed by atoms with van der Waals surface area (Å²) in [6, 6.07) is 7.66. The summed E-state index contributed by atoms with van der Waals surface area (Å²) in [7, 11) is 0. The fraction of sp³-hybridized carbons (Fsp3) is 0.286. The molecule has 0 aliphatic rings. The first kappa shape index (κ1) is 13.8. The summed E-state index contributed by atoms with van der Waals surface area (Å²) < 4.78 is 2.82. The van der Waals surface area contributed by atoms with Crippen LogP contribution in [0.3, 0.4) is 0 Å². The van der Waals surface area contributed by atoms with Crippen molar-refractivity contribution in [3.05, 3.63) is 46.7 Å². The molecule has 1 aromatic carbocycles. The number of aromatic nitrogens is 2. The number of hydrogen-bond donors (Lipinski definition) is 1. The Hall–Kier alpha value is -1.62. The average molecular weight is 322 g/mol. The number of nitrogens with zero attached hydrogens (tertiary/aromatic N) is 2. The lowest BCUT2D eigenvalue weighted by molar-refractivity contribution is -0.116. The molecule has 0 bridgehead atoms. The zero-order valence-electron chi connectivity index (χ0n) is 10.9. The molecule has 2 rings (SSSR count). The van der Waals surface area contributed by atoms with Crippen LogP contribution in [0.25, 0.3) is 0 Å². The fourth-order valence-electron chi connectivity index (χ4n) is 1.84. The number of aryl methyl sites for hydroxylation is 1. The first-order valence-electron chi connectivity index (χ1n) is 6.11. The Labute approximate surface area is 120 Å². The van der Waals surface area contributed by atoms with Crippen molar-refractivity contribution in [2.75, 3.05) is 5.32 Å². The number of rotatable bonds is 4. The summed E-state index contributed by atoms with van der Waals surface area (Å²) in [6.45, 7) is 3.96. The first-order valence-corrected chi connectivity index (χ1v) is 6.90. The Bertz CT molecular complexity index is 566. The van der Waals surface area contributed by atoms with E-state index in [-0.39, 0.29) is 11.9 Å². The van der Waals surface area contributed by atoms with Crippen molar-refractivity contribution in [1.82, 2.24) is 9.78 Å². The molecule has 19 heavy (non-hydrogen) atoms. The second-order valence-corrected chi connectivity index (χ2v) is 5.41. The molecule has 1 N–H and O–H groups in total. The molecule has 0 saturated heterocycles. The van der Waals surface area contributed by atoms with Crippen LogP contribution >= 0.6 is 15.9 Å². The molecule has 5 heteroatoms. The van der Waals surface area contributed by atoms with E-state index in [0.29, 0.717) is 6.42 Å². The maximum absolute atomic E-state index is 12.0. The molecule has 1 aromatic heterocycles. The van der Waals surface area contributed by atoms with E-state index in [2.05, 4.69) is 26.3 Å². The normalized spacial score (nSPS) is 12.2. The van der Waals surface area contributed by atoms with Crippen LogP contribution < -0.4 is 5.32 Å². The minimum atomic E-state index is -0.00952. The van der Waals surface area contributed by atoms with E-state index >= 15 is 0 Å². The summed E-state index contributed by atoms with van der Waals surface area (Å²) in [5.41, 5.74) is 1.91. The van der Waals surface area contributed by atoms with Gasteiger partial charge in [-0.2, -0.15) is 5.10 Å². The quantitative estimate of drug-likeness (QED) is 0.936. The number of anilines is 1. The number of hydrogen-bond acceptors (Lipinski definition) is 2. The van der Waals surface area contributed by atoms with Gasteiger partial charge < -0.3 is 5.32 Å². The molecule has 0 radical (unpaired) electrons. The zero-order chi connectivity index (χ0) is 13.8. The molecule has 1 amide bonds. The topological polar surface area (TPSA) is 46.9 Å². The van der Waals surface area contributed by atoms with Crippen molar-refractivity contribution in [2.24, 2.45) is 0 Å². The van der Waals surface area contributed by atoms with Gasteiger partial charge in [-0.05, 0) is 43.7 Å². The highest BCUT2D eigenvalue weighted by Gasteiger charge is 2.11. The second-order valence-electron chi connectivity index (χ2n) is 4.55. The van der Waals surface area contributed by atoms with E-state index in [0.717, 1.165) is 15.7 Å². The molecule has 0 aliphatic carbocycles. The first-order chi connectivity index (χ1) is 9.06. The van der Waals surface area contributed by atoms with Crippen molar-refractivity contribution < 1.29 is 4.79 Å². The van der Waals surface area contributed by atoms with E-state index in [1.54, 1.807) is 10.9 Å². The monoisotopic (exact) mass is 321 g/mol. The van der Waals surface area contributed by atoms with Crippen molar-refractivity contribution in [1.29, 1.82) is 0 Å². The molecule has 0 saturated carbocycles. The highest BCUT2D eigenvalue weighted by Crippen LogP contribution is 2.20. The number of carbonyl (C=O) groups excluding carboxylic acids is 1. The van der Waals surface area contributed by atoms with Gasteiger partial charge in [-0.3, -0.25) is 9.48 Å². The molecule has 1 heterocycles. The van der Waals surface area contributed by atoms with Gasteiger partial charge >= 0.3 is 0 Å². The molecule has 2 aromatic rings. The van der Waals surface area contributed by atoms with Gasteiger partial charge in [-0.25, -0.2) is 0 Å². The van der Waals surface area contributed by atoms with Crippen molar-refractivity contribution in [3.8, 4) is 0 Å². The van der Waals surface area contributed by atoms with Crippen LogP contribution in [-0.2, 0) is 4.79 Å². The van der Waals surface area contributed by atoms with Crippen LogP contribution in [0.15, 0.2) is 41.1 Å². The molecule has 0 unspecified atom stereocenters. The zero-order valence-corrected chi connectivity index (χ0v) is 12.5. The highest BCUT2D eigenvalue weighted by atomic mass is 79.9. The number of amides is 1. The van der Waals surface area contributed by atoms with Gasteiger partial charge in [0.15, 0.2) is 0 Å². The Balaban J connectivity index is 1.95. The third kappa shape index (κ3) is 3.67. The lowest BCUT2D eigenvalue weighted by Gasteiger charge is -2.12. The largest absolute Gasteiger partial charge is 0.326 e. The van der Waals surface area contributed by atoms with Gasteiger partial charge in [0, 0.05) is 29.0 Å². The van der Waals surface area contributed by atoms with E-state index in [9.17, 15) is 4.79 Å². The smallest absolute Gasteiger partial charge is 0.226 e. The summed E-state index contributed by atoms with van der Waals surface area (Å²) >= 11 is 3.44. The SMILES string of the molecule is Cc1cc(NC(=O)C[C@H](C)n2cccn2)ccc1Br. The van der Waals surface area contributed by atoms with Gasteiger partial charge in [0.05, 0.1) is 6.04 Å². The minimum absolute atomic E-state index is 0.00952. The number of carbonyl (C=O) groups is 1. The van der Waals surface area contributed by atoms with Crippen molar-refractivity contribution in [3.63, 3.8) is 0 Å². The lowest BCUT2D eigenvalue weighted by atomic mass is 10.2. The van der Waals surface area contributed by atoms with E-state index in [4.69, 9.17) is 0 Å². The van der Waals surface area contributed by atoms with Gasteiger partial charge in [0.25, 0.3) is 0 Å². The molecule has 100 valence electrons. The summed E-state index contributed by atoms with van der Waals surface area (Å²) in [6.07, 6.45) is 3.98. The van der Waals surface area contributed by atoms with E-state index in [1.807, 2.05) is 44.3 Å². The third-order valence-corrected chi connectivity index (χ3v) is 3.79. The van der Waals surface area contributed by atoms with Crippen LogP contribution in [-0.4, -0.2) is 15.7 Å². The Kier molecular flexibility index (Phi) is 4.37. The van der Waals surface area contributed by atoms with Crippen LogP contribution in [0.2, 0.25) is 0 Å². The fourth-order valence-corrected chi connectivity index (χ4v) is 2.08. The van der Waals surface area contributed by atoms with Crippen LogP contribution in [0.1, 0.15) is 24.9 Å². The van der Waals surface area contributed by atoms with Gasteiger partial charge in [-0.1, -0.05) is 15.9 Å². The van der Waals surface area contributed by atoms with Gasteiger partial charge in [0.1, 0.15) is 0 Å². The standard InChI is InChI=1S/C14H16BrN3O/c1-10-8-12(4-5-13(10)15)17-14(19)9-11(2)18-7-3-6-16-18/h3-8,11H,9H2,1-2H3,(H,17,19)/t11-/m0/s1. The molecular formula is C14H16BrN3O. The number of nitrogens with one attached hydrogen (secondary N) is 1. The van der Waals surface area contributed by atoms with Gasteiger partial charge in [-0.15, -0.1) is 0 Å². The third-order valence-electron chi connectivity index (χ3n) is 2.90. The van der Waals surface area contributed by atoms with E-state index < -0.39 is 0 Å². The van der Waals surface area contributed by atoms with Crippen LogP contribution in [0, 0.1) is 6.92 Å². The predicted octanol–water partition coefficient (Wildman–Crippen LogP) is 3.54. The maximum Gasteiger partial charge on any atom is 0.226 e. The van der Waals surface area contributed by atoms with Gasteiger partial charge in [0.2, 0.25) is 5.91 Å². The molecule has 0 fully saturated rings. The van der Waals surface area contributed by atoms with Crippen LogP contribution in [0.4, 0.5) is 5.69 Å².